The number of aromatic nitrogens is 2. The Morgan fingerprint density at radius 2 is 1.89 bits per heavy atom. The summed E-state index contributed by atoms with van der Waals surface area (Å²) in [6.07, 6.45) is 1.60. The smallest absolute Gasteiger partial charge is 0.256 e. The van der Waals surface area contributed by atoms with Crippen LogP contribution in [-0.4, -0.2) is 42.5 Å². The minimum Gasteiger partial charge on any atom is -0.307 e. The molecule has 3 rings (SSSR count). The highest BCUT2D eigenvalue weighted by Crippen LogP contribution is 2.18. The average Bonchev–Trinajstić information content (AvgIpc) is 3.08. The van der Waals surface area contributed by atoms with Gasteiger partial charge in [-0.05, 0) is 35.9 Å². The molecule has 0 radical (unpaired) electrons. The molecular formula is C19H19BrN4O3S. The van der Waals surface area contributed by atoms with Gasteiger partial charge in [-0.25, -0.2) is 17.4 Å². The van der Waals surface area contributed by atoms with Crippen LogP contribution in [0.5, 0.6) is 0 Å². The number of anilines is 1. The van der Waals surface area contributed by atoms with Gasteiger partial charge in [0.15, 0.2) is 0 Å². The van der Waals surface area contributed by atoms with Gasteiger partial charge in [0, 0.05) is 30.2 Å². The molecule has 0 unspecified atom stereocenters. The van der Waals surface area contributed by atoms with Crippen LogP contribution in [0.15, 0.2) is 70.2 Å². The lowest BCUT2D eigenvalue weighted by atomic mass is 10.2. The van der Waals surface area contributed by atoms with Crippen molar-refractivity contribution in [2.75, 3.05) is 19.4 Å². The molecule has 0 spiro atoms. The van der Waals surface area contributed by atoms with Gasteiger partial charge in [0.1, 0.15) is 5.82 Å². The van der Waals surface area contributed by atoms with E-state index in [0.29, 0.717) is 12.4 Å². The molecule has 28 heavy (non-hydrogen) atoms. The number of rotatable bonds is 6. The molecule has 0 bridgehead atoms. The van der Waals surface area contributed by atoms with Crippen LogP contribution >= 0.6 is 15.9 Å². The van der Waals surface area contributed by atoms with Crippen LogP contribution in [0.2, 0.25) is 0 Å². The molecule has 146 valence electrons. The average molecular weight is 463 g/mol. The maximum atomic E-state index is 12.7. The fourth-order valence-electron chi connectivity index (χ4n) is 2.57. The number of carbonyl (C=O) groups is 1. The Balaban J connectivity index is 1.81. The van der Waals surface area contributed by atoms with Gasteiger partial charge >= 0.3 is 0 Å². The summed E-state index contributed by atoms with van der Waals surface area (Å²) in [5.41, 5.74) is 1.27. The maximum absolute atomic E-state index is 12.7. The van der Waals surface area contributed by atoms with E-state index < -0.39 is 15.9 Å². The first-order chi connectivity index (χ1) is 13.3. The van der Waals surface area contributed by atoms with Gasteiger partial charge in [0.2, 0.25) is 10.0 Å². The summed E-state index contributed by atoms with van der Waals surface area (Å²) in [6, 6.07) is 15.4. The van der Waals surface area contributed by atoms with E-state index in [9.17, 15) is 13.2 Å². The van der Waals surface area contributed by atoms with Crippen molar-refractivity contribution in [3.05, 3.63) is 76.4 Å². The van der Waals surface area contributed by atoms with Crippen LogP contribution in [0, 0.1) is 0 Å². The molecule has 0 atom stereocenters. The molecule has 1 N–H and O–H groups in total. The fraction of sp³-hybridized carbons (Fsp3) is 0.158. The largest absolute Gasteiger partial charge is 0.307 e. The van der Waals surface area contributed by atoms with Crippen LogP contribution in [0.3, 0.4) is 0 Å². The number of amides is 1. The van der Waals surface area contributed by atoms with Crippen molar-refractivity contribution in [1.82, 2.24) is 14.1 Å². The highest BCUT2D eigenvalue weighted by molar-refractivity contribution is 9.10. The Labute approximate surface area is 172 Å². The van der Waals surface area contributed by atoms with Crippen molar-refractivity contribution in [3.8, 4) is 0 Å². The second kappa shape index (κ2) is 8.26. The molecule has 1 amide bonds. The first kappa shape index (κ1) is 20.2. The predicted molar refractivity (Wildman–Crippen MR) is 111 cm³/mol. The van der Waals surface area contributed by atoms with E-state index >= 15 is 0 Å². The van der Waals surface area contributed by atoms with E-state index in [-0.39, 0.29) is 10.5 Å². The number of nitrogens with one attached hydrogen (secondary N) is 1. The number of sulfonamides is 1. The summed E-state index contributed by atoms with van der Waals surface area (Å²) in [6.45, 7) is 0.483. The van der Waals surface area contributed by atoms with Crippen molar-refractivity contribution in [1.29, 1.82) is 0 Å². The van der Waals surface area contributed by atoms with E-state index in [1.807, 2.05) is 24.3 Å². The lowest BCUT2D eigenvalue weighted by Gasteiger charge is -2.13. The summed E-state index contributed by atoms with van der Waals surface area (Å²) in [4.78, 5) is 12.7. The fourth-order valence-corrected chi connectivity index (χ4v) is 3.96. The van der Waals surface area contributed by atoms with Gasteiger partial charge in [-0.15, -0.1) is 0 Å². The second-order valence-electron chi connectivity index (χ2n) is 6.27. The first-order valence-electron chi connectivity index (χ1n) is 8.37. The number of hydrogen-bond donors (Lipinski definition) is 1. The lowest BCUT2D eigenvalue weighted by Crippen LogP contribution is -2.23. The van der Waals surface area contributed by atoms with Gasteiger partial charge in [-0.1, -0.05) is 34.1 Å². The summed E-state index contributed by atoms with van der Waals surface area (Å²) in [5.74, 6) is 0.109. The minimum absolute atomic E-state index is 0.0628. The number of nitrogens with zero attached hydrogens (tertiary/aromatic N) is 3. The third-order valence-corrected chi connectivity index (χ3v) is 6.36. The Hall–Kier alpha value is -2.49. The van der Waals surface area contributed by atoms with E-state index in [0.717, 1.165) is 14.3 Å². The molecule has 0 aliphatic heterocycles. The number of benzene rings is 2. The van der Waals surface area contributed by atoms with Crippen LogP contribution in [-0.2, 0) is 16.6 Å². The second-order valence-corrected chi connectivity index (χ2v) is 9.34. The number of halogens is 1. The highest BCUT2D eigenvalue weighted by atomic mass is 79.9. The lowest BCUT2D eigenvalue weighted by molar-refractivity contribution is 0.102. The molecule has 0 aliphatic rings. The summed E-state index contributed by atoms with van der Waals surface area (Å²) >= 11 is 3.44. The Bertz CT molecular complexity index is 1110. The third kappa shape index (κ3) is 4.49. The summed E-state index contributed by atoms with van der Waals surface area (Å²) in [7, 11) is -0.723. The van der Waals surface area contributed by atoms with Crippen molar-refractivity contribution in [3.63, 3.8) is 0 Å². The zero-order chi connectivity index (χ0) is 20.3. The van der Waals surface area contributed by atoms with Crippen molar-refractivity contribution >= 4 is 37.7 Å². The molecular weight excluding hydrogens is 444 g/mol. The first-order valence-corrected chi connectivity index (χ1v) is 10.6. The molecule has 0 aliphatic carbocycles. The predicted octanol–water partition coefficient (Wildman–Crippen LogP) is 3.20. The Morgan fingerprint density at radius 3 is 2.61 bits per heavy atom. The zero-order valence-corrected chi connectivity index (χ0v) is 17.7. The molecule has 7 nitrogen and oxygen atoms in total. The molecule has 0 saturated heterocycles. The van der Waals surface area contributed by atoms with Crippen LogP contribution in [0.1, 0.15) is 15.9 Å². The van der Waals surface area contributed by atoms with E-state index in [4.69, 9.17) is 0 Å². The Morgan fingerprint density at radius 1 is 1.14 bits per heavy atom. The number of hydrogen-bond acceptors (Lipinski definition) is 4. The van der Waals surface area contributed by atoms with E-state index in [2.05, 4.69) is 26.3 Å². The number of carbonyl (C=O) groups excluding carboxylic acids is 1. The standard InChI is InChI=1S/C19H19BrN4O3S/c1-23(2)28(26,27)17-8-4-6-15(12-17)19(25)22-18-9-10-21-24(18)13-14-5-3-7-16(20)11-14/h3-12H,13H2,1-2H3,(H,22,25). The zero-order valence-electron chi connectivity index (χ0n) is 15.3. The van der Waals surface area contributed by atoms with Gasteiger partial charge in [0.25, 0.3) is 5.91 Å². The maximum Gasteiger partial charge on any atom is 0.256 e. The normalized spacial score (nSPS) is 11.6. The SMILES string of the molecule is CN(C)S(=O)(=O)c1cccc(C(=O)Nc2ccnn2Cc2cccc(Br)c2)c1. The molecule has 0 saturated carbocycles. The quantitative estimate of drug-likeness (QED) is 0.609. The minimum atomic E-state index is -3.62. The van der Waals surface area contributed by atoms with Gasteiger partial charge in [0.05, 0.1) is 17.6 Å². The topological polar surface area (TPSA) is 84.3 Å². The molecule has 2 aromatic carbocycles. The summed E-state index contributed by atoms with van der Waals surface area (Å²) in [5, 5.41) is 7.04. The molecule has 1 heterocycles. The Kier molecular flexibility index (Phi) is 5.97. The van der Waals surface area contributed by atoms with E-state index in [1.165, 1.54) is 26.2 Å². The van der Waals surface area contributed by atoms with Gasteiger partial charge in [-0.3, -0.25) is 4.79 Å². The molecule has 0 fully saturated rings. The van der Waals surface area contributed by atoms with Gasteiger partial charge < -0.3 is 5.32 Å². The molecule has 9 heteroatoms. The van der Waals surface area contributed by atoms with Crippen molar-refractivity contribution < 1.29 is 13.2 Å². The highest BCUT2D eigenvalue weighted by Gasteiger charge is 2.19. The van der Waals surface area contributed by atoms with Crippen LogP contribution in [0.25, 0.3) is 0 Å². The van der Waals surface area contributed by atoms with Crippen molar-refractivity contribution in [2.45, 2.75) is 11.4 Å². The van der Waals surface area contributed by atoms with E-state index in [1.54, 1.807) is 29.1 Å². The molecule has 3 aromatic rings. The molecule has 1 aromatic heterocycles. The van der Waals surface area contributed by atoms with Gasteiger partial charge in [-0.2, -0.15) is 5.10 Å². The monoisotopic (exact) mass is 462 g/mol. The van der Waals surface area contributed by atoms with Crippen LogP contribution in [0.4, 0.5) is 5.82 Å². The van der Waals surface area contributed by atoms with Crippen molar-refractivity contribution in [2.24, 2.45) is 0 Å². The summed E-state index contributed by atoms with van der Waals surface area (Å²) < 4.78 is 28.3. The third-order valence-electron chi connectivity index (χ3n) is 4.05. The van der Waals surface area contributed by atoms with Crippen LogP contribution < -0.4 is 5.32 Å².